The van der Waals surface area contributed by atoms with E-state index in [0.29, 0.717) is 12.5 Å². The number of hydrogen-bond acceptors (Lipinski definition) is 3. The van der Waals surface area contributed by atoms with Gasteiger partial charge in [-0.05, 0) is 18.6 Å². The average Bonchev–Trinajstić information content (AvgIpc) is 2.86. The van der Waals surface area contributed by atoms with Crippen LogP contribution in [0.4, 0.5) is 0 Å². The summed E-state index contributed by atoms with van der Waals surface area (Å²) < 4.78 is 1.81. The minimum Gasteiger partial charge on any atom is -0.370 e. The van der Waals surface area contributed by atoms with Crippen LogP contribution in [0.1, 0.15) is 23.9 Å². The molecule has 0 saturated heterocycles. The first-order valence-corrected chi connectivity index (χ1v) is 7.14. The highest BCUT2D eigenvalue weighted by atomic mass is 127. The standard InChI is InChI=1S/C15H22N6.HI/c1-3-14-12(11-21(2)20-14)10-19-15(16)18-9-7-13-6-4-5-8-17-13;/h4-6,8,11H,3,7,9-10H2,1-2H3,(H3,16,18,19);1H. The van der Waals surface area contributed by atoms with Crippen molar-refractivity contribution in [2.45, 2.75) is 26.3 Å². The molecule has 3 N–H and O–H groups in total. The molecule has 2 heterocycles. The van der Waals surface area contributed by atoms with Gasteiger partial charge in [-0.25, -0.2) is 4.99 Å². The third-order valence-electron chi connectivity index (χ3n) is 3.16. The van der Waals surface area contributed by atoms with Crippen LogP contribution in [0.15, 0.2) is 35.6 Å². The fourth-order valence-corrected chi connectivity index (χ4v) is 2.10. The lowest BCUT2D eigenvalue weighted by Gasteiger charge is -2.05. The Morgan fingerprint density at radius 1 is 1.41 bits per heavy atom. The molecule has 0 radical (unpaired) electrons. The van der Waals surface area contributed by atoms with Crippen molar-refractivity contribution < 1.29 is 0 Å². The maximum atomic E-state index is 5.88. The van der Waals surface area contributed by atoms with Crippen molar-refractivity contribution in [3.8, 4) is 0 Å². The monoisotopic (exact) mass is 414 g/mol. The first kappa shape index (κ1) is 18.4. The smallest absolute Gasteiger partial charge is 0.188 e. The van der Waals surface area contributed by atoms with Crippen molar-refractivity contribution in [3.05, 3.63) is 47.5 Å². The molecule has 0 aliphatic heterocycles. The van der Waals surface area contributed by atoms with Gasteiger partial charge >= 0.3 is 0 Å². The topological polar surface area (TPSA) is 81.1 Å². The number of aliphatic imine (C=N–C) groups is 1. The van der Waals surface area contributed by atoms with E-state index in [1.54, 1.807) is 6.20 Å². The molecule has 0 aliphatic rings. The van der Waals surface area contributed by atoms with Gasteiger partial charge in [0.15, 0.2) is 5.96 Å². The lowest BCUT2D eigenvalue weighted by atomic mass is 10.2. The third-order valence-corrected chi connectivity index (χ3v) is 3.16. The highest BCUT2D eigenvalue weighted by Crippen LogP contribution is 2.08. The number of pyridine rings is 1. The van der Waals surface area contributed by atoms with Crippen molar-refractivity contribution in [3.63, 3.8) is 0 Å². The van der Waals surface area contributed by atoms with Crippen LogP contribution < -0.4 is 11.1 Å². The first-order chi connectivity index (χ1) is 10.2. The Kier molecular flexibility index (Phi) is 7.86. The molecule has 2 aromatic rings. The Bertz CT molecular complexity index is 593. The van der Waals surface area contributed by atoms with E-state index >= 15 is 0 Å². The van der Waals surface area contributed by atoms with Gasteiger partial charge in [-0.2, -0.15) is 5.10 Å². The van der Waals surface area contributed by atoms with Crippen molar-refractivity contribution in [1.29, 1.82) is 0 Å². The second-order valence-corrected chi connectivity index (χ2v) is 4.83. The Morgan fingerprint density at radius 2 is 2.23 bits per heavy atom. The van der Waals surface area contributed by atoms with E-state index < -0.39 is 0 Å². The van der Waals surface area contributed by atoms with Crippen LogP contribution in [0.2, 0.25) is 0 Å². The molecule has 0 fully saturated rings. The summed E-state index contributed by atoms with van der Waals surface area (Å²) in [4.78, 5) is 8.62. The number of nitrogens with zero attached hydrogens (tertiary/aromatic N) is 4. The predicted molar refractivity (Wildman–Crippen MR) is 99.3 cm³/mol. The van der Waals surface area contributed by atoms with E-state index in [1.165, 1.54) is 0 Å². The lowest BCUT2D eigenvalue weighted by molar-refractivity contribution is 0.746. The van der Waals surface area contributed by atoms with Gasteiger partial charge in [0.2, 0.25) is 0 Å². The number of hydrogen-bond donors (Lipinski definition) is 2. The van der Waals surface area contributed by atoms with E-state index in [0.717, 1.165) is 36.3 Å². The summed E-state index contributed by atoms with van der Waals surface area (Å²) in [6, 6.07) is 5.89. The Balaban J connectivity index is 0.00000242. The number of aromatic nitrogens is 3. The van der Waals surface area contributed by atoms with Gasteiger partial charge in [-0.1, -0.05) is 13.0 Å². The minimum atomic E-state index is 0. The van der Waals surface area contributed by atoms with Gasteiger partial charge in [0.05, 0.1) is 12.2 Å². The van der Waals surface area contributed by atoms with Crippen molar-refractivity contribution in [1.82, 2.24) is 20.1 Å². The van der Waals surface area contributed by atoms with E-state index in [-0.39, 0.29) is 24.0 Å². The third kappa shape index (κ3) is 5.63. The molecule has 7 heteroatoms. The molecule has 0 atom stereocenters. The summed E-state index contributed by atoms with van der Waals surface area (Å²) >= 11 is 0. The van der Waals surface area contributed by atoms with Gasteiger partial charge in [0.25, 0.3) is 0 Å². The molecule has 0 bridgehead atoms. The number of halogens is 1. The zero-order valence-electron chi connectivity index (χ0n) is 13.0. The number of aryl methyl sites for hydroxylation is 2. The molecule has 2 aromatic heterocycles. The van der Waals surface area contributed by atoms with E-state index in [4.69, 9.17) is 5.73 Å². The Morgan fingerprint density at radius 3 is 2.91 bits per heavy atom. The summed E-state index contributed by atoms with van der Waals surface area (Å²) in [5.41, 5.74) is 9.11. The summed E-state index contributed by atoms with van der Waals surface area (Å²) in [7, 11) is 1.92. The van der Waals surface area contributed by atoms with Crippen molar-refractivity contribution >= 4 is 29.9 Å². The second-order valence-electron chi connectivity index (χ2n) is 4.83. The van der Waals surface area contributed by atoms with Gasteiger partial charge in [0.1, 0.15) is 0 Å². The molecule has 0 aromatic carbocycles. The summed E-state index contributed by atoms with van der Waals surface area (Å²) in [5, 5.41) is 7.49. The number of rotatable bonds is 6. The number of nitrogens with one attached hydrogen (secondary N) is 1. The molecule has 0 unspecified atom stereocenters. The van der Waals surface area contributed by atoms with Crippen LogP contribution in [0.3, 0.4) is 0 Å². The Hall–Kier alpha value is -1.64. The van der Waals surface area contributed by atoms with E-state index in [2.05, 4.69) is 27.3 Å². The quantitative estimate of drug-likeness (QED) is 0.428. The maximum Gasteiger partial charge on any atom is 0.188 e. The van der Waals surface area contributed by atoms with Crippen LogP contribution in [-0.4, -0.2) is 27.3 Å². The van der Waals surface area contributed by atoms with Gasteiger partial charge in [-0.15, -0.1) is 24.0 Å². The fourth-order valence-electron chi connectivity index (χ4n) is 2.10. The van der Waals surface area contributed by atoms with Gasteiger partial charge in [0, 0.05) is 43.7 Å². The Labute approximate surface area is 148 Å². The molecule has 0 spiro atoms. The highest BCUT2D eigenvalue weighted by molar-refractivity contribution is 14.0. The summed E-state index contributed by atoms with van der Waals surface area (Å²) in [6.07, 6.45) is 5.51. The van der Waals surface area contributed by atoms with Crippen LogP contribution in [-0.2, 0) is 26.4 Å². The zero-order valence-corrected chi connectivity index (χ0v) is 15.3. The minimum absolute atomic E-state index is 0. The molecule has 0 saturated carbocycles. The van der Waals surface area contributed by atoms with E-state index in [9.17, 15) is 0 Å². The molecule has 0 amide bonds. The molecule has 6 nitrogen and oxygen atoms in total. The lowest BCUT2D eigenvalue weighted by Crippen LogP contribution is -2.33. The average molecular weight is 414 g/mol. The highest BCUT2D eigenvalue weighted by Gasteiger charge is 2.04. The summed E-state index contributed by atoms with van der Waals surface area (Å²) in [6.45, 7) is 3.36. The van der Waals surface area contributed by atoms with Gasteiger partial charge < -0.3 is 11.1 Å². The zero-order chi connectivity index (χ0) is 15.1. The normalized spacial score (nSPS) is 11.1. The van der Waals surface area contributed by atoms with Crippen molar-refractivity contribution in [2.24, 2.45) is 17.8 Å². The molecular formula is C15H23IN6. The van der Waals surface area contributed by atoms with Crippen LogP contribution in [0.5, 0.6) is 0 Å². The molecule has 22 heavy (non-hydrogen) atoms. The summed E-state index contributed by atoms with van der Waals surface area (Å²) in [5.74, 6) is 0.455. The van der Waals surface area contributed by atoms with Crippen LogP contribution >= 0.6 is 24.0 Å². The van der Waals surface area contributed by atoms with Crippen molar-refractivity contribution in [2.75, 3.05) is 6.54 Å². The first-order valence-electron chi connectivity index (χ1n) is 7.14. The molecule has 2 rings (SSSR count). The predicted octanol–water partition coefficient (Wildman–Crippen LogP) is 1.64. The van der Waals surface area contributed by atoms with E-state index in [1.807, 2.05) is 36.1 Å². The van der Waals surface area contributed by atoms with Gasteiger partial charge in [-0.3, -0.25) is 9.67 Å². The number of guanidine groups is 1. The SMILES string of the molecule is CCc1nn(C)cc1CN=C(N)NCCc1ccccn1.I. The van der Waals surface area contributed by atoms with Crippen LogP contribution in [0, 0.1) is 0 Å². The second kappa shape index (κ2) is 9.39. The fraction of sp³-hybridized carbons (Fsp3) is 0.400. The molecule has 120 valence electrons. The molecule has 0 aliphatic carbocycles. The molecular weight excluding hydrogens is 391 g/mol. The largest absolute Gasteiger partial charge is 0.370 e. The van der Waals surface area contributed by atoms with Crippen LogP contribution in [0.25, 0.3) is 0 Å². The number of nitrogens with two attached hydrogens (primary N) is 1. The maximum absolute atomic E-state index is 5.88.